The summed E-state index contributed by atoms with van der Waals surface area (Å²) < 4.78 is 25.0. The average Bonchev–Trinajstić information content (AvgIpc) is 3.39. The molecule has 8 heteroatoms. The summed E-state index contributed by atoms with van der Waals surface area (Å²) in [6, 6.07) is 13.2. The molecule has 30 heavy (non-hydrogen) atoms. The maximum Gasteiger partial charge on any atom is 0.322 e. The van der Waals surface area contributed by atoms with Crippen molar-refractivity contribution in [2.24, 2.45) is 0 Å². The van der Waals surface area contributed by atoms with Gasteiger partial charge in [0, 0.05) is 13.0 Å². The molecule has 1 aromatic heterocycles. The zero-order valence-corrected chi connectivity index (χ0v) is 16.7. The summed E-state index contributed by atoms with van der Waals surface area (Å²) in [7, 11) is 0. The monoisotopic (exact) mass is 410 g/mol. The number of hydrogen-bond acceptors (Lipinski definition) is 5. The third-order valence-electron chi connectivity index (χ3n) is 4.98. The third kappa shape index (κ3) is 4.59. The Morgan fingerprint density at radius 3 is 3.00 bits per heavy atom. The predicted octanol–water partition coefficient (Wildman–Crippen LogP) is 4.51. The number of anilines is 1. The van der Waals surface area contributed by atoms with Crippen LogP contribution in [-0.4, -0.2) is 34.2 Å². The number of urea groups is 1. The number of rotatable bonds is 6. The molecule has 0 bridgehead atoms. The fourth-order valence-corrected chi connectivity index (χ4v) is 3.49. The quantitative estimate of drug-likeness (QED) is 0.647. The molecule has 1 atom stereocenters. The van der Waals surface area contributed by atoms with Crippen molar-refractivity contribution < 1.29 is 18.4 Å². The molecular weight excluding hydrogens is 387 g/mol. The van der Waals surface area contributed by atoms with E-state index in [0.29, 0.717) is 37.7 Å². The van der Waals surface area contributed by atoms with E-state index in [1.54, 1.807) is 17.0 Å². The highest BCUT2D eigenvalue weighted by Gasteiger charge is 2.34. The van der Waals surface area contributed by atoms with Gasteiger partial charge in [0.2, 0.25) is 5.89 Å². The smallest absolute Gasteiger partial charge is 0.322 e. The Balaban J connectivity index is 1.36. The number of carbonyl (C=O) groups is 1. The molecule has 1 aliphatic heterocycles. The summed E-state index contributed by atoms with van der Waals surface area (Å²) in [5.74, 6) is 1.24. The number of carbonyl (C=O) groups excluding carboxylic acids is 1. The lowest BCUT2D eigenvalue weighted by molar-refractivity contribution is 0.193. The number of likely N-dealkylation sites (tertiary alicyclic amines) is 1. The van der Waals surface area contributed by atoms with Crippen LogP contribution in [0.1, 0.15) is 36.2 Å². The maximum atomic E-state index is 13.8. The van der Waals surface area contributed by atoms with Crippen molar-refractivity contribution in [2.75, 3.05) is 18.5 Å². The number of halogens is 1. The minimum Gasteiger partial charge on any atom is -0.493 e. The number of ether oxygens (including phenoxy) is 1. The van der Waals surface area contributed by atoms with Crippen molar-refractivity contribution >= 4 is 11.7 Å². The van der Waals surface area contributed by atoms with Crippen LogP contribution in [0.25, 0.3) is 0 Å². The van der Waals surface area contributed by atoms with Crippen molar-refractivity contribution in [3.05, 3.63) is 71.6 Å². The Morgan fingerprint density at radius 2 is 2.17 bits per heavy atom. The summed E-state index contributed by atoms with van der Waals surface area (Å²) in [5, 5.41) is 6.63. The number of para-hydroxylation sites is 1. The lowest BCUT2D eigenvalue weighted by Gasteiger charge is -2.22. The van der Waals surface area contributed by atoms with E-state index in [4.69, 9.17) is 9.26 Å². The second kappa shape index (κ2) is 8.94. The lowest BCUT2D eigenvalue weighted by Crippen LogP contribution is -2.34. The summed E-state index contributed by atoms with van der Waals surface area (Å²) >= 11 is 0. The first-order valence-corrected chi connectivity index (χ1v) is 9.94. The predicted molar refractivity (Wildman–Crippen MR) is 109 cm³/mol. The molecule has 2 amide bonds. The standard InChI is InChI=1S/C22H23FN4O3/c1-15-6-4-7-16(14-15)29-13-11-20-25-21(30-26-20)19-10-5-12-27(19)22(28)24-18-9-3-2-8-17(18)23/h2-4,6-9,14,19H,5,10-13H2,1H3,(H,24,28). The molecule has 7 nitrogen and oxygen atoms in total. The highest BCUT2D eigenvalue weighted by atomic mass is 19.1. The first-order chi connectivity index (χ1) is 14.6. The summed E-state index contributed by atoms with van der Waals surface area (Å²) in [6.07, 6.45) is 2.02. The van der Waals surface area contributed by atoms with E-state index < -0.39 is 5.82 Å². The number of nitrogens with one attached hydrogen (secondary N) is 1. The first-order valence-electron chi connectivity index (χ1n) is 9.94. The van der Waals surface area contributed by atoms with Crippen molar-refractivity contribution in [2.45, 2.75) is 32.2 Å². The Kier molecular flexibility index (Phi) is 5.92. The van der Waals surface area contributed by atoms with Gasteiger partial charge in [-0.2, -0.15) is 4.98 Å². The van der Waals surface area contributed by atoms with Crippen LogP contribution in [0.3, 0.4) is 0 Å². The number of nitrogens with zero attached hydrogens (tertiary/aromatic N) is 3. The number of benzene rings is 2. The molecule has 2 heterocycles. The van der Waals surface area contributed by atoms with E-state index in [2.05, 4.69) is 15.5 Å². The molecule has 0 aliphatic carbocycles. The maximum absolute atomic E-state index is 13.8. The molecule has 1 fully saturated rings. The Morgan fingerprint density at radius 1 is 1.30 bits per heavy atom. The molecule has 0 saturated carbocycles. The van der Waals surface area contributed by atoms with E-state index >= 15 is 0 Å². The summed E-state index contributed by atoms with van der Waals surface area (Å²) in [5.41, 5.74) is 1.27. The fraction of sp³-hybridized carbons (Fsp3) is 0.318. The second-order valence-electron chi connectivity index (χ2n) is 7.23. The molecule has 156 valence electrons. The van der Waals surface area contributed by atoms with Gasteiger partial charge >= 0.3 is 6.03 Å². The van der Waals surface area contributed by atoms with Crippen molar-refractivity contribution in [1.29, 1.82) is 0 Å². The third-order valence-corrected chi connectivity index (χ3v) is 4.98. The molecule has 0 radical (unpaired) electrons. The van der Waals surface area contributed by atoms with Crippen LogP contribution >= 0.6 is 0 Å². The number of amides is 2. The van der Waals surface area contributed by atoms with E-state index in [-0.39, 0.29) is 17.8 Å². The van der Waals surface area contributed by atoms with Gasteiger partial charge in [-0.15, -0.1) is 0 Å². The van der Waals surface area contributed by atoms with Crippen LogP contribution in [0.4, 0.5) is 14.9 Å². The molecule has 0 spiro atoms. The van der Waals surface area contributed by atoms with Gasteiger partial charge in [-0.1, -0.05) is 29.4 Å². The highest BCUT2D eigenvalue weighted by molar-refractivity contribution is 5.89. The SMILES string of the molecule is Cc1cccc(OCCc2noc(C3CCCN3C(=O)Nc3ccccc3F)n2)c1. The van der Waals surface area contributed by atoms with Gasteiger partial charge in [0.15, 0.2) is 5.82 Å². The van der Waals surface area contributed by atoms with E-state index in [1.807, 2.05) is 31.2 Å². The second-order valence-corrected chi connectivity index (χ2v) is 7.23. The Hall–Kier alpha value is -3.42. The molecule has 2 aromatic carbocycles. The van der Waals surface area contributed by atoms with Gasteiger partial charge in [-0.3, -0.25) is 0 Å². The van der Waals surface area contributed by atoms with Crippen LogP contribution in [-0.2, 0) is 6.42 Å². The summed E-state index contributed by atoms with van der Waals surface area (Å²) in [6.45, 7) is 2.97. The van der Waals surface area contributed by atoms with Gasteiger partial charge in [0.25, 0.3) is 0 Å². The molecule has 1 N–H and O–H groups in total. The van der Waals surface area contributed by atoms with Crippen molar-refractivity contribution in [3.8, 4) is 5.75 Å². The fourth-order valence-electron chi connectivity index (χ4n) is 3.49. The van der Waals surface area contributed by atoms with Crippen LogP contribution < -0.4 is 10.1 Å². The van der Waals surface area contributed by atoms with E-state index in [0.717, 1.165) is 17.7 Å². The van der Waals surface area contributed by atoms with Gasteiger partial charge < -0.3 is 19.5 Å². The minimum atomic E-state index is -0.477. The Bertz CT molecular complexity index is 1020. The van der Waals surface area contributed by atoms with Gasteiger partial charge in [0.1, 0.15) is 17.6 Å². The lowest BCUT2D eigenvalue weighted by atomic mass is 10.2. The average molecular weight is 410 g/mol. The number of hydrogen-bond donors (Lipinski definition) is 1. The van der Waals surface area contributed by atoms with Crippen molar-refractivity contribution in [1.82, 2.24) is 15.0 Å². The number of aryl methyl sites for hydroxylation is 1. The molecule has 1 unspecified atom stereocenters. The zero-order valence-electron chi connectivity index (χ0n) is 16.7. The van der Waals surface area contributed by atoms with Gasteiger partial charge in [0.05, 0.1) is 12.3 Å². The normalized spacial score (nSPS) is 15.9. The number of aromatic nitrogens is 2. The zero-order chi connectivity index (χ0) is 20.9. The van der Waals surface area contributed by atoms with Gasteiger partial charge in [-0.25, -0.2) is 9.18 Å². The van der Waals surface area contributed by atoms with Crippen LogP contribution in [0.5, 0.6) is 5.75 Å². The minimum absolute atomic E-state index is 0.146. The highest BCUT2D eigenvalue weighted by Crippen LogP contribution is 2.31. The largest absolute Gasteiger partial charge is 0.493 e. The van der Waals surface area contributed by atoms with Crippen LogP contribution in [0.15, 0.2) is 53.1 Å². The van der Waals surface area contributed by atoms with Crippen molar-refractivity contribution in [3.63, 3.8) is 0 Å². The first kappa shape index (κ1) is 19.9. The molecule has 1 saturated heterocycles. The molecule has 1 aliphatic rings. The van der Waals surface area contributed by atoms with Crippen LogP contribution in [0, 0.1) is 12.7 Å². The van der Waals surface area contributed by atoms with Gasteiger partial charge in [-0.05, 0) is 49.6 Å². The van der Waals surface area contributed by atoms with Crippen LogP contribution in [0.2, 0.25) is 0 Å². The Labute approximate surface area is 173 Å². The van der Waals surface area contributed by atoms with E-state index in [9.17, 15) is 9.18 Å². The molecule has 4 rings (SSSR count). The van der Waals surface area contributed by atoms with E-state index in [1.165, 1.54) is 12.1 Å². The molecule has 3 aromatic rings. The molecular formula is C22H23FN4O3. The summed E-state index contributed by atoms with van der Waals surface area (Å²) in [4.78, 5) is 18.7. The topological polar surface area (TPSA) is 80.5 Å².